The molecule has 1 fully saturated rings. The molecule has 1 amide bonds. The number of carbonyl (C=O) groups excluding carboxylic acids is 1. The fraction of sp³-hybridized carbons (Fsp3) is 0.647. The lowest BCUT2D eigenvalue weighted by Gasteiger charge is -2.35. The van der Waals surface area contributed by atoms with Crippen molar-refractivity contribution in [1.29, 1.82) is 0 Å². The molecule has 1 aliphatic rings. The van der Waals surface area contributed by atoms with Crippen molar-refractivity contribution in [3.63, 3.8) is 0 Å². The number of fused-ring (bicyclic) bond motifs is 1. The van der Waals surface area contributed by atoms with Gasteiger partial charge in [-0.05, 0) is 6.92 Å². The first-order chi connectivity index (χ1) is 13.3. The summed E-state index contributed by atoms with van der Waals surface area (Å²) in [7, 11) is 2.97. The molecule has 0 aromatic carbocycles. The van der Waals surface area contributed by atoms with E-state index in [0.29, 0.717) is 45.0 Å². The molecule has 0 aliphatic carbocycles. The molecule has 11 nitrogen and oxygen atoms in total. The molecule has 1 atom stereocenters. The molecule has 0 unspecified atom stereocenters. The molecule has 1 aliphatic heterocycles. The standard InChI is InChI=1S/C17H26N6O5/c1-4-28-17(27)22-7-5-21(6-8-22)9-12(24)10-23-11-18-14-13(23)15(25)20(3)16(26)19(14)2/h11-12,24H,4-10H2,1-3H3/t12-/m1/s1. The Morgan fingerprint density at radius 3 is 2.50 bits per heavy atom. The number of imidazole rings is 1. The molecule has 154 valence electrons. The Balaban J connectivity index is 1.65. The minimum Gasteiger partial charge on any atom is -0.450 e. The van der Waals surface area contributed by atoms with E-state index in [1.54, 1.807) is 23.4 Å². The lowest BCUT2D eigenvalue weighted by Crippen LogP contribution is -2.50. The second kappa shape index (κ2) is 8.15. The van der Waals surface area contributed by atoms with Crippen LogP contribution >= 0.6 is 0 Å². The highest BCUT2D eigenvalue weighted by Crippen LogP contribution is 2.09. The molecule has 0 spiro atoms. The van der Waals surface area contributed by atoms with E-state index in [-0.39, 0.29) is 18.2 Å². The zero-order chi connectivity index (χ0) is 20.4. The summed E-state index contributed by atoms with van der Waals surface area (Å²) < 4.78 is 8.92. The average Bonchev–Trinajstić information content (AvgIpc) is 3.09. The summed E-state index contributed by atoms with van der Waals surface area (Å²) in [5.74, 6) is 0. The number of carbonyl (C=O) groups is 1. The molecule has 0 bridgehead atoms. The van der Waals surface area contributed by atoms with Crippen LogP contribution in [-0.4, -0.2) is 85.1 Å². The number of β-amino-alcohol motifs (C(OH)–C–C–N with tert-alkyl or cyclic N) is 1. The van der Waals surface area contributed by atoms with Gasteiger partial charge in [0.1, 0.15) is 0 Å². The van der Waals surface area contributed by atoms with Gasteiger partial charge in [-0.1, -0.05) is 0 Å². The smallest absolute Gasteiger partial charge is 0.409 e. The maximum Gasteiger partial charge on any atom is 0.409 e. The molecule has 11 heteroatoms. The molecule has 2 aromatic rings. The van der Waals surface area contributed by atoms with E-state index in [0.717, 1.165) is 4.57 Å². The van der Waals surface area contributed by atoms with Gasteiger partial charge >= 0.3 is 11.8 Å². The van der Waals surface area contributed by atoms with Gasteiger partial charge in [0.15, 0.2) is 11.2 Å². The number of aliphatic hydroxyl groups is 1. The number of piperazine rings is 1. The minimum atomic E-state index is -0.728. The molecule has 1 saturated heterocycles. The molecule has 0 radical (unpaired) electrons. The second-order valence-corrected chi connectivity index (χ2v) is 6.92. The molecule has 1 N–H and O–H groups in total. The van der Waals surface area contributed by atoms with Crippen LogP contribution in [0.2, 0.25) is 0 Å². The van der Waals surface area contributed by atoms with Crippen molar-refractivity contribution in [2.24, 2.45) is 14.1 Å². The van der Waals surface area contributed by atoms with Crippen LogP contribution in [0.1, 0.15) is 6.92 Å². The molecule has 28 heavy (non-hydrogen) atoms. The summed E-state index contributed by atoms with van der Waals surface area (Å²) in [4.78, 5) is 44.1. The van der Waals surface area contributed by atoms with Crippen molar-refractivity contribution in [3.8, 4) is 0 Å². The molecule has 3 rings (SSSR count). The van der Waals surface area contributed by atoms with Crippen molar-refractivity contribution in [1.82, 2.24) is 28.5 Å². The predicted molar refractivity (Wildman–Crippen MR) is 101 cm³/mol. The van der Waals surface area contributed by atoms with E-state index in [2.05, 4.69) is 9.88 Å². The lowest BCUT2D eigenvalue weighted by atomic mass is 10.2. The SMILES string of the molecule is CCOC(=O)N1CCN(C[C@@H](O)Cn2cnc3c2c(=O)n(C)c(=O)n3C)CC1. The minimum absolute atomic E-state index is 0.183. The zero-order valence-corrected chi connectivity index (χ0v) is 16.4. The molecular formula is C17H26N6O5. The first-order valence-electron chi connectivity index (χ1n) is 9.26. The summed E-state index contributed by atoms with van der Waals surface area (Å²) in [5, 5.41) is 10.5. The van der Waals surface area contributed by atoms with Gasteiger partial charge in [-0.2, -0.15) is 0 Å². The van der Waals surface area contributed by atoms with Crippen LogP contribution in [0.4, 0.5) is 4.79 Å². The lowest BCUT2D eigenvalue weighted by molar-refractivity contribution is 0.0536. The third-order valence-electron chi connectivity index (χ3n) is 4.99. The van der Waals surface area contributed by atoms with Gasteiger partial charge < -0.3 is 19.3 Å². The quantitative estimate of drug-likeness (QED) is 0.661. The van der Waals surface area contributed by atoms with Crippen LogP contribution in [0.15, 0.2) is 15.9 Å². The summed E-state index contributed by atoms with van der Waals surface area (Å²) in [6.45, 7) is 5.07. The number of ether oxygens (including phenoxy) is 1. The molecule has 2 aromatic heterocycles. The van der Waals surface area contributed by atoms with Gasteiger partial charge in [-0.15, -0.1) is 0 Å². The normalized spacial score (nSPS) is 16.5. The Hall–Kier alpha value is -2.66. The van der Waals surface area contributed by atoms with E-state index in [1.165, 1.54) is 17.9 Å². The van der Waals surface area contributed by atoms with Crippen LogP contribution in [0.3, 0.4) is 0 Å². The van der Waals surface area contributed by atoms with Crippen molar-refractivity contribution in [2.75, 3.05) is 39.3 Å². The summed E-state index contributed by atoms with van der Waals surface area (Å²) in [6, 6.07) is 0. The topological polar surface area (TPSA) is 115 Å². The van der Waals surface area contributed by atoms with Crippen LogP contribution in [0.25, 0.3) is 11.2 Å². The highest BCUT2D eigenvalue weighted by atomic mass is 16.6. The predicted octanol–water partition coefficient (Wildman–Crippen LogP) is -1.43. The van der Waals surface area contributed by atoms with Crippen molar-refractivity contribution in [3.05, 3.63) is 27.2 Å². The molecule has 0 saturated carbocycles. The van der Waals surface area contributed by atoms with Crippen LogP contribution in [0.5, 0.6) is 0 Å². The summed E-state index contributed by atoms with van der Waals surface area (Å²) in [6.07, 6.45) is 0.426. The Labute approximate surface area is 161 Å². The van der Waals surface area contributed by atoms with Crippen molar-refractivity contribution >= 4 is 17.3 Å². The average molecular weight is 394 g/mol. The van der Waals surface area contributed by atoms with E-state index in [1.807, 2.05) is 0 Å². The number of hydrogen-bond donors (Lipinski definition) is 1. The van der Waals surface area contributed by atoms with Gasteiger partial charge in [0.2, 0.25) is 0 Å². The van der Waals surface area contributed by atoms with Gasteiger partial charge in [0.05, 0.1) is 25.6 Å². The number of hydrogen-bond acceptors (Lipinski definition) is 7. The van der Waals surface area contributed by atoms with Crippen LogP contribution in [-0.2, 0) is 25.4 Å². The second-order valence-electron chi connectivity index (χ2n) is 6.92. The van der Waals surface area contributed by atoms with E-state index >= 15 is 0 Å². The third kappa shape index (κ3) is 3.80. The number of aliphatic hydroxyl groups excluding tert-OH is 1. The fourth-order valence-electron chi connectivity index (χ4n) is 3.45. The van der Waals surface area contributed by atoms with E-state index in [4.69, 9.17) is 4.74 Å². The number of amides is 1. The number of aryl methyl sites for hydroxylation is 1. The maximum absolute atomic E-state index is 12.5. The summed E-state index contributed by atoms with van der Waals surface area (Å²) in [5.41, 5.74) is -0.298. The van der Waals surface area contributed by atoms with Crippen molar-refractivity contribution < 1.29 is 14.6 Å². The first-order valence-corrected chi connectivity index (χ1v) is 9.26. The zero-order valence-electron chi connectivity index (χ0n) is 16.4. The third-order valence-corrected chi connectivity index (χ3v) is 4.99. The van der Waals surface area contributed by atoms with E-state index < -0.39 is 17.4 Å². The number of aromatic nitrogens is 4. The molecular weight excluding hydrogens is 368 g/mol. The number of rotatable bonds is 5. The van der Waals surface area contributed by atoms with Gasteiger partial charge in [-0.25, -0.2) is 14.6 Å². The number of nitrogens with zero attached hydrogens (tertiary/aromatic N) is 6. The van der Waals surface area contributed by atoms with Gasteiger partial charge in [0, 0.05) is 46.8 Å². The Kier molecular flexibility index (Phi) is 5.84. The fourth-order valence-corrected chi connectivity index (χ4v) is 3.45. The van der Waals surface area contributed by atoms with Gasteiger partial charge in [-0.3, -0.25) is 18.8 Å². The largest absolute Gasteiger partial charge is 0.450 e. The Bertz CT molecular complexity index is 969. The van der Waals surface area contributed by atoms with Crippen LogP contribution in [0, 0.1) is 0 Å². The monoisotopic (exact) mass is 394 g/mol. The van der Waals surface area contributed by atoms with Gasteiger partial charge in [0.25, 0.3) is 5.56 Å². The Morgan fingerprint density at radius 1 is 1.18 bits per heavy atom. The Morgan fingerprint density at radius 2 is 1.86 bits per heavy atom. The summed E-state index contributed by atoms with van der Waals surface area (Å²) >= 11 is 0. The first kappa shape index (κ1) is 20.1. The van der Waals surface area contributed by atoms with Crippen molar-refractivity contribution in [2.45, 2.75) is 19.6 Å². The maximum atomic E-state index is 12.5. The highest BCUT2D eigenvalue weighted by molar-refractivity contribution is 5.70. The van der Waals surface area contributed by atoms with E-state index in [9.17, 15) is 19.5 Å². The highest BCUT2D eigenvalue weighted by Gasteiger charge is 2.24. The van der Waals surface area contributed by atoms with Crippen LogP contribution < -0.4 is 11.2 Å². The molecule has 3 heterocycles.